The Bertz CT molecular complexity index is 571. The van der Waals surface area contributed by atoms with Crippen LogP contribution in [0, 0.1) is 0 Å². The minimum absolute atomic E-state index is 0.116. The fourth-order valence-corrected chi connectivity index (χ4v) is 3.17. The summed E-state index contributed by atoms with van der Waals surface area (Å²) in [5.41, 5.74) is 3.40. The maximum absolute atomic E-state index is 9.07. The summed E-state index contributed by atoms with van der Waals surface area (Å²) in [5, 5.41) is 9.07. The standard InChI is InChI=1S/C14H14N2OS/c17-9-14-15-6-5-12(16-14)10-3-4-13-11(8-10)2-1-7-18-13/h3-6,8,17H,1-2,7,9H2. The molecule has 0 spiro atoms. The number of aromatic nitrogens is 2. The van der Waals surface area contributed by atoms with Gasteiger partial charge in [-0.1, -0.05) is 6.07 Å². The molecule has 3 rings (SSSR count). The Morgan fingerprint density at radius 2 is 2.22 bits per heavy atom. The lowest BCUT2D eigenvalue weighted by atomic mass is 10.0. The van der Waals surface area contributed by atoms with Gasteiger partial charge in [0.2, 0.25) is 0 Å². The molecule has 2 heterocycles. The van der Waals surface area contributed by atoms with Gasteiger partial charge < -0.3 is 5.11 Å². The Hall–Kier alpha value is -1.39. The highest BCUT2D eigenvalue weighted by Crippen LogP contribution is 2.32. The summed E-state index contributed by atoms with van der Waals surface area (Å²) in [6.07, 6.45) is 4.09. The van der Waals surface area contributed by atoms with Crippen molar-refractivity contribution >= 4 is 11.8 Å². The largest absolute Gasteiger partial charge is 0.388 e. The Kier molecular flexibility index (Phi) is 3.30. The van der Waals surface area contributed by atoms with Crippen LogP contribution in [0.5, 0.6) is 0 Å². The number of thioether (sulfide) groups is 1. The van der Waals surface area contributed by atoms with Crippen LogP contribution in [0.25, 0.3) is 11.3 Å². The summed E-state index contributed by atoms with van der Waals surface area (Å²) in [6.45, 7) is -0.116. The highest BCUT2D eigenvalue weighted by atomic mass is 32.2. The lowest BCUT2D eigenvalue weighted by Gasteiger charge is -2.15. The predicted octanol–water partition coefficient (Wildman–Crippen LogP) is 2.67. The number of benzene rings is 1. The van der Waals surface area contributed by atoms with Gasteiger partial charge in [0.15, 0.2) is 5.82 Å². The van der Waals surface area contributed by atoms with Crippen molar-refractivity contribution in [3.8, 4) is 11.3 Å². The van der Waals surface area contributed by atoms with Crippen molar-refractivity contribution in [3.63, 3.8) is 0 Å². The molecule has 0 radical (unpaired) electrons. The number of nitrogens with zero attached hydrogens (tertiary/aromatic N) is 2. The fourth-order valence-electron chi connectivity index (χ4n) is 2.16. The van der Waals surface area contributed by atoms with Gasteiger partial charge in [0.1, 0.15) is 6.61 Å². The average Bonchev–Trinajstić information content (AvgIpc) is 2.47. The van der Waals surface area contributed by atoms with E-state index in [1.807, 2.05) is 17.8 Å². The van der Waals surface area contributed by atoms with E-state index < -0.39 is 0 Å². The van der Waals surface area contributed by atoms with E-state index in [9.17, 15) is 0 Å². The van der Waals surface area contributed by atoms with Gasteiger partial charge in [-0.25, -0.2) is 9.97 Å². The Morgan fingerprint density at radius 1 is 1.28 bits per heavy atom. The molecule has 1 N–H and O–H groups in total. The molecule has 1 aliphatic rings. The van der Waals surface area contributed by atoms with Crippen LogP contribution in [0.1, 0.15) is 17.8 Å². The van der Waals surface area contributed by atoms with E-state index in [1.165, 1.54) is 22.6 Å². The van der Waals surface area contributed by atoms with Crippen molar-refractivity contribution < 1.29 is 5.11 Å². The molecule has 0 unspecified atom stereocenters. The minimum Gasteiger partial charge on any atom is -0.388 e. The third-order valence-corrected chi connectivity index (χ3v) is 4.25. The van der Waals surface area contributed by atoms with Crippen LogP contribution in [0.4, 0.5) is 0 Å². The summed E-state index contributed by atoms with van der Waals surface area (Å²) >= 11 is 1.93. The molecule has 0 atom stereocenters. The van der Waals surface area contributed by atoms with Crippen LogP contribution in [-0.4, -0.2) is 20.8 Å². The van der Waals surface area contributed by atoms with Gasteiger partial charge in [0.25, 0.3) is 0 Å². The lowest BCUT2D eigenvalue weighted by molar-refractivity contribution is 0.271. The van der Waals surface area contributed by atoms with E-state index in [0.29, 0.717) is 5.82 Å². The van der Waals surface area contributed by atoms with Crippen molar-refractivity contribution in [1.29, 1.82) is 0 Å². The fraction of sp³-hybridized carbons (Fsp3) is 0.286. The van der Waals surface area contributed by atoms with Crippen LogP contribution >= 0.6 is 11.8 Å². The first-order valence-electron chi connectivity index (χ1n) is 6.06. The molecule has 1 aliphatic heterocycles. The van der Waals surface area contributed by atoms with Crippen LogP contribution in [0.2, 0.25) is 0 Å². The van der Waals surface area contributed by atoms with Crippen molar-refractivity contribution in [2.75, 3.05) is 5.75 Å². The molecule has 18 heavy (non-hydrogen) atoms. The van der Waals surface area contributed by atoms with Gasteiger partial charge in [0.05, 0.1) is 5.69 Å². The zero-order valence-corrected chi connectivity index (χ0v) is 10.8. The van der Waals surface area contributed by atoms with E-state index in [-0.39, 0.29) is 6.61 Å². The molecule has 0 aliphatic carbocycles. The third kappa shape index (κ3) is 2.26. The molecule has 0 amide bonds. The lowest BCUT2D eigenvalue weighted by Crippen LogP contribution is -2.00. The molecule has 2 aromatic rings. The van der Waals surface area contributed by atoms with Crippen molar-refractivity contribution in [3.05, 3.63) is 41.9 Å². The Balaban J connectivity index is 2.00. The number of hydrogen-bond acceptors (Lipinski definition) is 4. The second-order valence-corrected chi connectivity index (χ2v) is 5.43. The molecule has 4 heteroatoms. The quantitative estimate of drug-likeness (QED) is 0.899. The molecule has 0 saturated carbocycles. The Morgan fingerprint density at radius 3 is 3.11 bits per heavy atom. The first kappa shape index (κ1) is 11.7. The molecule has 3 nitrogen and oxygen atoms in total. The minimum atomic E-state index is -0.116. The van der Waals surface area contributed by atoms with Gasteiger partial charge in [0, 0.05) is 16.7 Å². The van der Waals surface area contributed by atoms with E-state index >= 15 is 0 Å². The summed E-state index contributed by atoms with van der Waals surface area (Å²) in [5.74, 6) is 1.69. The maximum atomic E-state index is 9.07. The normalized spacial score (nSPS) is 14.3. The van der Waals surface area contributed by atoms with E-state index in [2.05, 4.69) is 28.2 Å². The molecular weight excluding hydrogens is 244 g/mol. The zero-order chi connectivity index (χ0) is 12.4. The highest BCUT2D eigenvalue weighted by molar-refractivity contribution is 7.99. The van der Waals surface area contributed by atoms with Crippen LogP contribution in [0.3, 0.4) is 0 Å². The van der Waals surface area contributed by atoms with Crippen LogP contribution in [-0.2, 0) is 13.0 Å². The van der Waals surface area contributed by atoms with Gasteiger partial charge in [-0.3, -0.25) is 0 Å². The number of rotatable bonds is 2. The van der Waals surface area contributed by atoms with Crippen LogP contribution in [0.15, 0.2) is 35.4 Å². The van der Waals surface area contributed by atoms with Gasteiger partial charge in [-0.15, -0.1) is 11.8 Å². The number of aryl methyl sites for hydroxylation is 1. The maximum Gasteiger partial charge on any atom is 0.154 e. The van der Waals surface area contributed by atoms with Gasteiger partial charge >= 0.3 is 0 Å². The zero-order valence-electron chi connectivity index (χ0n) is 9.97. The highest BCUT2D eigenvalue weighted by Gasteiger charge is 2.11. The van der Waals surface area contributed by atoms with E-state index in [1.54, 1.807) is 6.20 Å². The summed E-state index contributed by atoms with van der Waals surface area (Å²) in [7, 11) is 0. The molecule has 1 aromatic carbocycles. The molecule has 1 aromatic heterocycles. The number of fused-ring (bicyclic) bond motifs is 1. The molecule has 0 bridgehead atoms. The summed E-state index contributed by atoms with van der Waals surface area (Å²) < 4.78 is 0. The molecule has 92 valence electrons. The van der Waals surface area contributed by atoms with E-state index in [4.69, 9.17) is 5.11 Å². The molecule has 0 saturated heterocycles. The van der Waals surface area contributed by atoms with Crippen molar-refractivity contribution in [1.82, 2.24) is 9.97 Å². The molecule has 0 fully saturated rings. The number of aliphatic hydroxyl groups excluding tert-OH is 1. The SMILES string of the molecule is OCc1nccc(-c2ccc3c(c2)CCCS3)n1. The Labute approximate surface area is 110 Å². The smallest absolute Gasteiger partial charge is 0.154 e. The van der Waals surface area contributed by atoms with E-state index in [0.717, 1.165) is 17.7 Å². The molecular formula is C14H14N2OS. The second kappa shape index (κ2) is 5.08. The first-order valence-corrected chi connectivity index (χ1v) is 7.04. The average molecular weight is 258 g/mol. The van der Waals surface area contributed by atoms with Gasteiger partial charge in [-0.05, 0) is 42.4 Å². The summed E-state index contributed by atoms with van der Waals surface area (Å²) in [4.78, 5) is 9.74. The third-order valence-electron chi connectivity index (χ3n) is 3.05. The summed E-state index contributed by atoms with van der Waals surface area (Å²) in [6, 6.07) is 8.37. The number of hydrogen-bond donors (Lipinski definition) is 1. The number of aliphatic hydroxyl groups is 1. The first-order chi connectivity index (χ1) is 8.86. The monoisotopic (exact) mass is 258 g/mol. The predicted molar refractivity (Wildman–Crippen MR) is 72.4 cm³/mol. The van der Waals surface area contributed by atoms with Gasteiger partial charge in [-0.2, -0.15) is 0 Å². The van der Waals surface area contributed by atoms with Crippen LogP contribution < -0.4 is 0 Å². The van der Waals surface area contributed by atoms with Crippen molar-refractivity contribution in [2.24, 2.45) is 0 Å². The second-order valence-electron chi connectivity index (χ2n) is 4.29. The topological polar surface area (TPSA) is 46.0 Å². The van der Waals surface area contributed by atoms with Crippen molar-refractivity contribution in [2.45, 2.75) is 24.3 Å².